The number of benzene rings is 1. The Labute approximate surface area is 154 Å². The standard InChI is InChI=1S/C22H24N2O2/c1-15-4-10-21-19(12-15)24(2)20(14-26-21)17-7-5-16(6-8-17)18-9-11-22(25-3)23-13-18/h4-11,13,19-20H,12,14H2,1-3H3. The number of rotatable bonds is 3. The van der Waals surface area contributed by atoms with Crippen LogP contribution in [0.5, 0.6) is 5.88 Å². The number of allylic oxidation sites excluding steroid dienone is 2. The second-order valence-corrected chi connectivity index (χ2v) is 7.01. The maximum Gasteiger partial charge on any atom is 0.212 e. The lowest BCUT2D eigenvalue weighted by atomic mass is 9.93. The van der Waals surface area contributed by atoms with E-state index in [1.807, 2.05) is 18.3 Å². The van der Waals surface area contributed by atoms with Crippen LogP contribution in [0.2, 0.25) is 0 Å². The van der Waals surface area contributed by atoms with Crippen LogP contribution in [-0.2, 0) is 4.74 Å². The predicted octanol–water partition coefficient (Wildman–Crippen LogP) is 4.36. The predicted molar refractivity (Wildman–Crippen MR) is 103 cm³/mol. The number of morpholine rings is 1. The van der Waals surface area contributed by atoms with Crippen molar-refractivity contribution in [2.75, 3.05) is 20.8 Å². The third kappa shape index (κ3) is 3.13. The molecule has 2 unspecified atom stereocenters. The second-order valence-electron chi connectivity index (χ2n) is 7.01. The van der Waals surface area contributed by atoms with Gasteiger partial charge in [0.2, 0.25) is 5.88 Å². The van der Waals surface area contributed by atoms with Gasteiger partial charge in [-0.05, 0) is 43.7 Å². The van der Waals surface area contributed by atoms with Crippen molar-refractivity contribution in [2.24, 2.45) is 0 Å². The van der Waals surface area contributed by atoms with Gasteiger partial charge < -0.3 is 9.47 Å². The summed E-state index contributed by atoms with van der Waals surface area (Å²) < 4.78 is 11.2. The molecular formula is C22H24N2O2. The zero-order valence-electron chi connectivity index (χ0n) is 15.5. The van der Waals surface area contributed by atoms with Crippen LogP contribution in [0.1, 0.15) is 24.9 Å². The van der Waals surface area contributed by atoms with E-state index in [1.165, 1.54) is 11.1 Å². The Morgan fingerprint density at radius 1 is 1.04 bits per heavy atom. The van der Waals surface area contributed by atoms with Crippen LogP contribution < -0.4 is 4.74 Å². The molecule has 2 aromatic rings. The summed E-state index contributed by atoms with van der Waals surface area (Å²) in [5, 5.41) is 0. The number of fused-ring (bicyclic) bond motifs is 1. The van der Waals surface area contributed by atoms with Gasteiger partial charge in [-0.1, -0.05) is 35.9 Å². The second kappa shape index (κ2) is 6.96. The molecule has 1 aliphatic heterocycles. The molecular weight excluding hydrogens is 324 g/mol. The minimum absolute atomic E-state index is 0.270. The summed E-state index contributed by atoms with van der Waals surface area (Å²) in [6.45, 7) is 2.87. The highest BCUT2D eigenvalue weighted by Gasteiger charge is 2.34. The lowest BCUT2D eigenvalue weighted by Gasteiger charge is -2.42. The molecule has 1 aromatic carbocycles. The van der Waals surface area contributed by atoms with Crippen molar-refractivity contribution in [3.05, 3.63) is 71.6 Å². The van der Waals surface area contributed by atoms with Crippen molar-refractivity contribution >= 4 is 0 Å². The maximum absolute atomic E-state index is 6.06. The van der Waals surface area contributed by atoms with Crippen LogP contribution in [0.15, 0.2) is 66.1 Å². The largest absolute Gasteiger partial charge is 0.494 e. The Morgan fingerprint density at radius 3 is 2.50 bits per heavy atom. The third-order valence-electron chi connectivity index (χ3n) is 5.34. The first-order valence-corrected chi connectivity index (χ1v) is 8.98. The van der Waals surface area contributed by atoms with Crippen molar-refractivity contribution in [1.29, 1.82) is 0 Å². The molecule has 0 amide bonds. The summed E-state index contributed by atoms with van der Waals surface area (Å²) in [6, 6.07) is 13.2. The number of hydrogen-bond acceptors (Lipinski definition) is 4. The van der Waals surface area contributed by atoms with Gasteiger partial charge in [-0.25, -0.2) is 4.98 Å². The van der Waals surface area contributed by atoms with Crippen molar-refractivity contribution in [3.63, 3.8) is 0 Å². The molecule has 2 aliphatic rings. The van der Waals surface area contributed by atoms with Crippen molar-refractivity contribution in [1.82, 2.24) is 9.88 Å². The van der Waals surface area contributed by atoms with E-state index in [0.29, 0.717) is 18.5 Å². The summed E-state index contributed by atoms with van der Waals surface area (Å²) >= 11 is 0. The normalized spacial score (nSPS) is 22.7. The fourth-order valence-electron chi connectivity index (χ4n) is 3.71. The van der Waals surface area contributed by atoms with Gasteiger partial charge in [-0.2, -0.15) is 0 Å². The van der Waals surface area contributed by atoms with Gasteiger partial charge in [-0.15, -0.1) is 0 Å². The van der Waals surface area contributed by atoms with E-state index in [1.54, 1.807) is 7.11 Å². The van der Waals surface area contributed by atoms with E-state index in [-0.39, 0.29) is 6.04 Å². The van der Waals surface area contributed by atoms with Crippen molar-refractivity contribution in [3.8, 4) is 17.0 Å². The fraction of sp³-hybridized carbons (Fsp3) is 0.318. The highest BCUT2D eigenvalue weighted by molar-refractivity contribution is 5.63. The van der Waals surface area contributed by atoms with E-state index in [9.17, 15) is 0 Å². The van der Waals surface area contributed by atoms with Gasteiger partial charge in [0.25, 0.3) is 0 Å². The third-order valence-corrected chi connectivity index (χ3v) is 5.34. The summed E-state index contributed by atoms with van der Waals surface area (Å²) in [5.41, 5.74) is 4.92. The summed E-state index contributed by atoms with van der Waals surface area (Å²) in [6.07, 6.45) is 7.17. The Hall–Kier alpha value is -2.59. The number of nitrogens with zero attached hydrogens (tertiary/aromatic N) is 2. The summed E-state index contributed by atoms with van der Waals surface area (Å²) in [7, 11) is 3.83. The molecule has 1 aliphatic carbocycles. The fourth-order valence-corrected chi connectivity index (χ4v) is 3.71. The Balaban J connectivity index is 1.53. The highest BCUT2D eigenvalue weighted by atomic mass is 16.5. The van der Waals surface area contributed by atoms with Crippen LogP contribution in [0.25, 0.3) is 11.1 Å². The Bertz CT molecular complexity index is 837. The van der Waals surface area contributed by atoms with Crippen LogP contribution in [-0.4, -0.2) is 36.7 Å². The summed E-state index contributed by atoms with van der Waals surface area (Å²) in [4.78, 5) is 6.73. The molecule has 1 saturated heterocycles. The molecule has 0 N–H and O–H groups in total. The zero-order valence-corrected chi connectivity index (χ0v) is 15.5. The molecule has 4 nitrogen and oxygen atoms in total. The van der Waals surface area contributed by atoms with Gasteiger partial charge >= 0.3 is 0 Å². The molecule has 26 heavy (non-hydrogen) atoms. The number of ether oxygens (including phenoxy) is 2. The smallest absolute Gasteiger partial charge is 0.212 e. The van der Waals surface area contributed by atoms with Crippen LogP contribution in [0.4, 0.5) is 0 Å². The molecule has 4 heteroatoms. The first-order chi connectivity index (χ1) is 12.7. The lowest BCUT2D eigenvalue weighted by molar-refractivity contribution is 0.0135. The molecule has 4 rings (SSSR count). The monoisotopic (exact) mass is 348 g/mol. The quantitative estimate of drug-likeness (QED) is 0.825. The van der Waals surface area contributed by atoms with Gasteiger partial charge in [0.15, 0.2) is 0 Å². The average molecular weight is 348 g/mol. The molecule has 134 valence electrons. The number of methoxy groups -OCH3 is 1. The first-order valence-electron chi connectivity index (χ1n) is 8.98. The number of pyridine rings is 1. The van der Waals surface area contributed by atoms with Gasteiger partial charge in [-0.3, -0.25) is 4.90 Å². The van der Waals surface area contributed by atoms with Crippen LogP contribution >= 0.6 is 0 Å². The van der Waals surface area contributed by atoms with E-state index in [0.717, 1.165) is 23.3 Å². The zero-order chi connectivity index (χ0) is 18.1. The molecule has 0 radical (unpaired) electrons. The summed E-state index contributed by atoms with van der Waals surface area (Å²) in [5.74, 6) is 1.72. The number of likely N-dealkylation sites (N-methyl/N-ethyl adjacent to an activating group) is 1. The van der Waals surface area contributed by atoms with Crippen molar-refractivity contribution in [2.45, 2.75) is 25.4 Å². The molecule has 2 heterocycles. The van der Waals surface area contributed by atoms with E-state index >= 15 is 0 Å². The van der Waals surface area contributed by atoms with Gasteiger partial charge in [0, 0.05) is 17.8 Å². The number of hydrogen-bond donors (Lipinski definition) is 0. The molecule has 0 saturated carbocycles. The van der Waals surface area contributed by atoms with E-state index in [4.69, 9.17) is 9.47 Å². The lowest BCUT2D eigenvalue weighted by Crippen LogP contribution is -2.44. The molecule has 1 fully saturated rings. The molecule has 1 aromatic heterocycles. The minimum Gasteiger partial charge on any atom is -0.494 e. The Morgan fingerprint density at radius 2 is 1.81 bits per heavy atom. The Kier molecular flexibility index (Phi) is 4.51. The van der Waals surface area contributed by atoms with E-state index in [2.05, 4.69) is 60.3 Å². The van der Waals surface area contributed by atoms with Gasteiger partial charge in [0.1, 0.15) is 12.4 Å². The molecule has 2 atom stereocenters. The number of aromatic nitrogens is 1. The van der Waals surface area contributed by atoms with Crippen molar-refractivity contribution < 1.29 is 9.47 Å². The van der Waals surface area contributed by atoms with Crippen LogP contribution in [0.3, 0.4) is 0 Å². The SMILES string of the molecule is COc1ccc(-c2ccc(C3COC4=CC=C(C)CC4N3C)cc2)cn1. The first kappa shape index (κ1) is 16.9. The molecule has 0 spiro atoms. The topological polar surface area (TPSA) is 34.6 Å². The van der Waals surface area contributed by atoms with E-state index < -0.39 is 0 Å². The minimum atomic E-state index is 0.270. The maximum atomic E-state index is 6.06. The molecule has 0 bridgehead atoms. The van der Waals surface area contributed by atoms with Crippen LogP contribution in [0, 0.1) is 0 Å². The highest BCUT2D eigenvalue weighted by Crippen LogP contribution is 2.36. The van der Waals surface area contributed by atoms with Gasteiger partial charge in [0.05, 0.1) is 19.2 Å². The average Bonchev–Trinajstić information content (AvgIpc) is 2.69.